The van der Waals surface area contributed by atoms with Crippen molar-refractivity contribution in [3.8, 4) is 0 Å². The third-order valence-corrected chi connectivity index (χ3v) is 4.67. The summed E-state index contributed by atoms with van der Waals surface area (Å²) in [6, 6.07) is 11.1. The van der Waals surface area contributed by atoms with E-state index in [2.05, 4.69) is 11.4 Å². The highest BCUT2D eigenvalue weighted by Gasteiger charge is 2.17. The van der Waals surface area contributed by atoms with E-state index in [-0.39, 0.29) is 0 Å². The summed E-state index contributed by atoms with van der Waals surface area (Å²) < 4.78 is 0. The van der Waals surface area contributed by atoms with E-state index in [0.29, 0.717) is 17.1 Å². The summed E-state index contributed by atoms with van der Waals surface area (Å²) in [5.41, 5.74) is 4.88. The maximum Gasteiger partial charge on any atom is 0.152 e. The summed E-state index contributed by atoms with van der Waals surface area (Å²) in [6.07, 6.45) is 4.61. The highest BCUT2D eigenvalue weighted by atomic mass is 35.5. The number of aliphatic hydroxyl groups excluding tert-OH is 1. The van der Waals surface area contributed by atoms with Gasteiger partial charge in [0.1, 0.15) is 0 Å². The summed E-state index contributed by atoms with van der Waals surface area (Å²) in [4.78, 5) is 11.3. The van der Waals surface area contributed by atoms with Crippen molar-refractivity contribution >= 4 is 23.6 Å². The number of aryl methyl sites for hydroxylation is 1. The predicted molar refractivity (Wildman–Crippen MR) is 93.4 cm³/mol. The molecule has 0 aliphatic heterocycles. The van der Waals surface area contributed by atoms with E-state index in [0.717, 1.165) is 36.8 Å². The van der Waals surface area contributed by atoms with E-state index in [1.165, 1.54) is 17.5 Å². The molecule has 120 valence electrons. The Hall–Kier alpha value is -1.84. The molecule has 3 nitrogen and oxygen atoms in total. The quantitative estimate of drug-likeness (QED) is 0.809. The summed E-state index contributed by atoms with van der Waals surface area (Å²) in [7, 11) is 0. The summed E-state index contributed by atoms with van der Waals surface area (Å²) >= 11 is 5.87. The minimum absolute atomic E-state index is 0.360. The Balaban J connectivity index is 1.79. The van der Waals surface area contributed by atoms with Gasteiger partial charge in [-0.15, -0.1) is 0 Å². The monoisotopic (exact) mass is 329 g/mol. The number of carbonyl (C=O) groups excluding carboxylic acids is 1. The van der Waals surface area contributed by atoms with Crippen molar-refractivity contribution in [3.05, 3.63) is 63.7 Å². The zero-order valence-electron chi connectivity index (χ0n) is 12.9. The number of aliphatic hydroxyl groups is 1. The Kier molecular flexibility index (Phi) is 4.99. The molecule has 2 N–H and O–H groups in total. The molecule has 2 aromatic carbocycles. The Morgan fingerprint density at radius 3 is 2.61 bits per heavy atom. The standard InChI is InChI=1S/C19H20ClNO2/c20-16-9-7-14(8-10-16)18(23)11-21-19-15(12-22)6-5-13-3-1-2-4-17(13)19/h5-10,12,18,21,23H,1-4,11H2/t18-/m0/s1. The molecule has 2 aromatic rings. The molecule has 1 aliphatic rings. The van der Waals surface area contributed by atoms with Gasteiger partial charge in [0.2, 0.25) is 0 Å². The fourth-order valence-corrected chi connectivity index (χ4v) is 3.28. The first-order chi connectivity index (χ1) is 11.2. The lowest BCUT2D eigenvalue weighted by Crippen LogP contribution is -2.16. The third-order valence-electron chi connectivity index (χ3n) is 4.42. The van der Waals surface area contributed by atoms with Crippen LogP contribution in [0.15, 0.2) is 36.4 Å². The number of aldehydes is 1. The van der Waals surface area contributed by atoms with Gasteiger partial charge in [0.15, 0.2) is 6.29 Å². The van der Waals surface area contributed by atoms with Gasteiger partial charge in [0.25, 0.3) is 0 Å². The number of benzene rings is 2. The van der Waals surface area contributed by atoms with Crippen LogP contribution in [-0.4, -0.2) is 17.9 Å². The largest absolute Gasteiger partial charge is 0.387 e. The first kappa shape index (κ1) is 16.0. The SMILES string of the molecule is O=Cc1ccc2c(c1NC[C@H](O)c1ccc(Cl)cc1)CCCC2. The molecule has 4 heteroatoms. The first-order valence-electron chi connectivity index (χ1n) is 7.96. The maximum atomic E-state index is 11.3. The fraction of sp³-hybridized carbons (Fsp3) is 0.316. The number of halogens is 1. The topological polar surface area (TPSA) is 49.3 Å². The Bertz CT molecular complexity index is 697. The van der Waals surface area contributed by atoms with Crippen LogP contribution in [0, 0.1) is 0 Å². The minimum atomic E-state index is -0.647. The van der Waals surface area contributed by atoms with Gasteiger partial charge in [-0.05, 0) is 60.6 Å². The van der Waals surface area contributed by atoms with Crippen molar-refractivity contribution in [2.75, 3.05) is 11.9 Å². The molecule has 0 bridgehead atoms. The van der Waals surface area contributed by atoms with E-state index in [1.54, 1.807) is 12.1 Å². The number of anilines is 1. The molecule has 0 amide bonds. The lowest BCUT2D eigenvalue weighted by Gasteiger charge is -2.23. The predicted octanol–water partition coefficient (Wildman–Crippen LogP) is 4.18. The second kappa shape index (κ2) is 7.16. The fourth-order valence-electron chi connectivity index (χ4n) is 3.15. The van der Waals surface area contributed by atoms with Gasteiger partial charge in [-0.3, -0.25) is 4.79 Å². The van der Waals surface area contributed by atoms with E-state index < -0.39 is 6.10 Å². The van der Waals surface area contributed by atoms with Crippen LogP contribution in [0.25, 0.3) is 0 Å². The zero-order valence-corrected chi connectivity index (χ0v) is 13.6. The number of nitrogens with one attached hydrogen (secondary N) is 1. The van der Waals surface area contributed by atoms with Crippen molar-refractivity contribution in [2.24, 2.45) is 0 Å². The Morgan fingerprint density at radius 2 is 1.87 bits per heavy atom. The minimum Gasteiger partial charge on any atom is -0.387 e. The highest BCUT2D eigenvalue weighted by molar-refractivity contribution is 6.30. The maximum absolute atomic E-state index is 11.3. The molecule has 0 unspecified atom stereocenters. The molecule has 3 rings (SSSR count). The van der Waals surface area contributed by atoms with Crippen LogP contribution in [0.3, 0.4) is 0 Å². The van der Waals surface area contributed by atoms with E-state index in [1.807, 2.05) is 18.2 Å². The van der Waals surface area contributed by atoms with Crippen molar-refractivity contribution in [2.45, 2.75) is 31.8 Å². The number of hydrogen-bond donors (Lipinski definition) is 2. The van der Waals surface area contributed by atoms with Gasteiger partial charge in [0, 0.05) is 22.8 Å². The molecule has 0 saturated heterocycles. The van der Waals surface area contributed by atoms with Crippen LogP contribution in [-0.2, 0) is 12.8 Å². The molecular formula is C19H20ClNO2. The van der Waals surface area contributed by atoms with Crippen molar-refractivity contribution in [1.82, 2.24) is 0 Å². The molecular weight excluding hydrogens is 310 g/mol. The molecule has 0 fully saturated rings. The van der Waals surface area contributed by atoms with Crippen molar-refractivity contribution in [1.29, 1.82) is 0 Å². The number of carbonyl (C=O) groups is 1. The highest BCUT2D eigenvalue weighted by Crippen LogP contribution is 2.31. The average molecular weight is 330 g/mol. The van der Waals surface area contributed by atoms with Gasteiger partial charge in [0.05, 0.1) is 6.10 Å². The van der Waals surface area contributed by atoms with Crippen molar-refractivity contribution in [3.63, 3.8) is 0 Å². The molecule has 1 aliphatic carbocycles. The van der Waals surface area contributed by atoms with Gasteiger partial charge in [-0.2, -0.15) is 0 Å². The summed E-state index contributed by atoms with van der Waals surface area (Å²) in [6.45, 7) is 0.360. The molecule has 0 spiro atoms. The number of rotatable bonds is 5. The summed E-state index contributed by atoms with van der Waals surface area (Å²) in [5.74, 6) is 0. The Morgan fingerprint density at radius 1 is 1.13 bits per heavy atom. The van der Waals surface area contributed by atoms with Crippen LogP contribution in [0.2, 0.25) is 5.02 Å². The van der Waals surface area contributed by atoms with Crippen LogP contribution < -0.4 is 5.32 Å². The average Bonchev–Trinajstić information content (AvgIpc) is 2.59. The van der Waals surface area contributed by atoms with Gasteiger partial charge in [-0.25, -0.2) is 0 Å². The van der Waals surface area contributed by atoms with E-state index in [9.17, 15) is 9.90 Å². The molecule has 0 aromatic heterocycles. The van der Waals surface area contributed by atoms with E-state index >= 15 is 0 Å². The molecule has 0 heterocycles. The first-order valence-corrected chi connectivity index (χ1v) is 8.34. The Labute approximate surface area is 141 Å². The second-order valence-corrected chi connectivity index (χ2v) is 6.38. The lowest BCUT2D eigenvalue weighted by molar-refractivity contribution is 0.112. The molecule has 0 saturated carbocycles. The second-order valence-electron chi connectivity index (χ2n) is 5.94. The van der Waals surface area contributed by atoms with Gasteiger partial charge in [-0.1, -0.05) is 29.8 Å². The van der Waals surface area contributed by atoms with Crippen LogP contribution in [0.4, 0.5) is 5.69 Å². The van der Waals surface area contributed by atoms with Crippen LogP contribution in [0.1, 0.15) is 46.0 Å². The van der Waals surface area contributed by atoms with E-state index in [4.69, 9.17) is 11.6 Å². The number of hydrogen-bond acceptors (Lipinski definition) is 3. The lowest BCUT2D eigenvalue weighted by atomic mass is 9.88. The summed E-state index contributed by atoms with van der Waals surface area (Å²) in [5, 5.41) is 14.3. The third kappa shape index (κ3) is 3.57. The smallest absolute Gasteiger partial charge is 0.152 e. The van der Waals surface area contributed by atoms with Gasteiger partial charge < -0.3 is 10.4 Å². The van der Waals surface area contributed by atoms with Crippen molar-refractivity contribution < 1.29 is 9.90 Å². The van der Waals surface area contributed by atoms with Crippen LogP contribution >= 0.6 is 11.6 Å². The number of fused-ring (bicyclic) bond motifs is 1. The van der Waals surface area contributed by atoms with Crippen LogP contribution in [0.5, 0.6) is 0 Å². The van der Waals surface area contributed by atoms with Gasteiger partial charge >= 0.3 is 0 Å². The molecule has 1 atom stereocenters. The zero-order chi connectivity index (χ0) is 16.2. The molecule has 0 radical (unpaired) electrons. The normalized spacial score (nSPS) is 14.9. The molecule has 23 heavy (non-hydrogen) atoms.